The third-order valence-corrected chi connectivity index (χ3v) is 3.04. The molecule has 118 valence electrons. The first-order valence-electron chi connectivity index (χ1n) is 6.14. The molecule has 22 heavy (non-hydrogen) atoms. The minimum atomic E-state index is -0.671. The van der Waals surface area contributed by atoms with Gasteiger partial charge in [-0.25, -0.2) is 4.79 Å². The molecule has 0 unspecified atom stereocenters. The Hall–Kier alpha value is -2.78. The van der Waals surface area contributed by atoms with Gasteiger partial charge in [0.05, 0.1) is 18.8 Å². The zero-order valence-corrected chi connectivity index (χ0v) is 11.6. The Morgan fingerprint density at radius 1 is 1.59 bits per heavy atom. The Kier molecular flexibility index (Phi) is 6.17. The second-order valence-electron chi connectivity index (χ2n) is 4.41. The number of aromatic nitrogens is 2. The van der Waals surface area contributed by atoms with Gasteiger partial charge in [0.1, 0.15) is 17.3 Å². The topological polar surface area (TPSA) is 195 Å². The summed E-state index contributed by atoms with van der Waals surface area (Å²) < 4.78 is 6.69. The zero-order chi connectivity index (χ0) is 16.7. The van der Waals surface area contributed by atoms with Crippen molar-refractivity contribution < 1.29 is 9.84 Å². The first-order chi connectivity index (χ1) is 10.5. The average Bonchev–Trinajstić information content (AvgIpc) is 2.87. The number of nitrogens with one attached hydrogen (secondary N) is 3. The van der Waals surface area contributed by atoms with Crippen LogP contribution in [0, 0.1) is 18.0 Å². The number of aliphatic hydroxyl groups excluding tert-OH is 1. The van der Waals surface area contributed by atoms with Gasteiger partial charge in [-0.05, 0) is 12.5 Å². The summed E-state index contributed by atoms with van der Waals surface area (Å²) >= 11 is 0. The standard InChI is InChI=1S/C10H13N5O4.H2N3/c1-5-3-15(10(18)12-9(5)17)8-2-6(13-14-11)7(4-16)19-8;1-3-2/h3,6-8,16H,2,4H2,1H3,(H,12,17,18);1-2H/q;+1/t6-,7+,8+;/m0./s1. The van der Waals surface area contributed by atoms with Crippen LogP contribution in [0.2, 0.25) is 0 Å². The quantitative estimate of drug-likeness (QED) is 0.344. The third kappa shape index (κ3) is 3.87. The van der Waals surface area contributed by atoms with Crippen LogP contribution in [0.25, 0.3) is 10.4 Å². The molecule has 2 heterocycles. The van der Waals surface area contributed by atoms with E-state index in [1.807, 2.05) is 4.91 Å². The smallest absolute Gasteiger partial charge is 0.330 e. The molecule has 0 aromatic carbocycles. The number of rotatable bonds is 3. The Labute approximate surface area is 123 Å². The summed E-state index contributed by atoms with van der Waals surface area (Å²) in [5.74, 6) is 0. The number of hydrogen-bond acceptors (Lipinski definition) is 7. The van der Waals surface area contributed by atoms with Crippen molar-refractivity contribution in [2.45, 2.75) is 31.7 Å². The highest BCUT2D eigenvalue weighted by molar-refractivity contribution is 5.02. The predicted octanol–water partition coefficient (Wildman–Crippen LogP) is -0.0807. The van der Waals surface area contributed by atoms with Crippen molar-refractivity contribution in [2.24, 2.45) is 5.11 Å². The fourth-order valence-corrected chi connectivity index (χ4v) is 2.04. The molecule has 0 radical (unpaired) electrons. The van der Waals surface area contributed by atoms with Crippen LogP contribution in [0.3, 0.4) is 0 Å². The summed E-state index contributed by atoms with van der Waals surface area (Å²) in [5.41, 5.74) is 18.8. The van der Waals surface area contributed by atoms with Gasteiger partial charge in [0, 0.05) is 23.1 Å². The van der Waals surface area contributed by atoms with Crippen molar-refractivity contribution >= 4 is 0 Å². The SMILES string of the molecule is Cc1cn([C@H]2C[C@H](N=[N+]=[N-])[C@@H](CO)O2)c(=O)[nH]c1=O.N=[N+]=N. The lowest BCUT2D eigenvalue weighted by Gasteiger charge is -2.14. The largest absolute Gasteiger partial charge is 0.394 e. The lowest BCUT2D eigenvalue weighted by Crippen LogP contribution is -2.33. The van der Waals surface area contributed by atoms with Crippen molar-refractivity contribution in [2.75, 3.05) is 6.61 Å². The first kappa shape index (κ1) is 17.3. The molecule has 1 fully saturated rings. The Balaban J connectivity index is 0.000000745. The van der Waals surface area contributed by atoms with Crippen LogP contribution in [-0.4, -0.2) is 33.4 Å². The van der Waals surface area contributed by atoms with E-state index in [1.165, 1.54) is 10.8 Å². The van der Waals surface area contributed by atoms with E-state index >= 15 is 0 Å². The van der Waals surface area contributed by atoms with Crippen LogP contribution >= 0.6 is 0 Å². The van der Waals surface area contributed by atoms with Gasteiger partial charge in [0.25, 0.3) is 5.56 Å². The van der Waals surface area contributed by atoms with E-state index in [0.29, 0.717) is 5.56 Å². The Bertz CT molecular complexity index is 712. The zero-order valence-electron chi connectivity index (χ0n) is 11.6. The molecule has 1 aromatic heterocycles. The Morgan fingerprint density at radius 2 is 2.23 bits per heavy atom. The number of H-pyrrole nitrogens is 1. The molecule has 2 rings (SSSR count). The second kappa shape index (κ2) is 7.86. The molecule has 0 spiro atoms. The highest BCUT2D eigenvalue weighted by Crippen LogP contribution is 2.29. The number of aryl methyl sites for hydroxylation is 1. The van der Waals surface area contributed by atoms with E-state index in [9.17, 15) is 9.59 Å². The Morgan fingerprint density at radius 3 is 2.77 bits per heavy atom. The molecule has 0 amide bonds. The minimum Gasteiger partial charge on any atom is -0.394 e. The van der Waals surface area contributed by atoms with Crippen molar-refractivity contribution in [1.29, 1.82) is 11.1 Å². The first-order valence-corrected chi connectivity index (χ1v) is 6.14. The third-order valence-electron chi connectivity index (χ3n) is 3.04. The molecule has 12 nitrogen and oxygen atoms in total. The van der Waals surface area contributed by atoms with Gasteiger partial charge in [0.2, 0.25) is 4.91 Å². The molecule has 1 aliphatic rings. The summed E-state index contributed by atoms with van der Waals surface area (Å²) in [4.78, 5) is 29.8. The molecule has 0 saturated carbocycles. The average molecular weight is 311 g/mol. The summed E-state index contributed by atoms with van der Waals surface area (Å²) in [6.45, 7) is 1.26. The van der Waals surface area contributed by atoms with Gasteiger partial charge in [-0.3, -0.25) is 14.3 Å². The molecule has 12 heteroatoms. The molecular weight excluding hydrogens is 296 g/mol. The van der Waals surface area contributed by atoms with Gasteiger partial charge < -0.3 is 9.84 Å². The maximum Gasteiger partial charge on any atom is 0.330 e. The minimum absolute atomic E-state index is 0.265. The van der Waals surface area contributed by atoms with Gasteiger partial charge >= 0.3 is 5.69 Å². The summed E-state index contributed by atoms with van der Waals surface area (Å²) in [7, 11) is 0. The number of ether oxygens (including phenoxy) is 1. The van der Waals surface area contributed by atoms with E-state index in [1.54, 1.807) is 6.92 Å². The highest BCUT2D eigenvalue weighted by Gasteiger charge is 2.35. The fraction of sp³-hybridized carbons (Fsp3) is 0.600. The van der Waals surface area contributed by atoms with Crippen LogP contribution in [0.1, 0.15) is 18.2 Å². The van der Waals surface area contributed by atoms with Crippen molar-refractivity contribution in [1.82, 2.24) is 14.5 Å². The van der Waals surface area contributed by atoms with Crippen LogP contribution in [0.4, 0.5) is 0 Å². The predicted molar refractivity (Wildman–Crippen MR) is 72.2 cm³/mol. The van der Waals surface area contributed by atoms with Crippen LogP contribution < -0.4 is 16.2 Å². The number of hydrogen-bond donors (Lipinski definition) is 4. The molecular formula is C10H15N8O4+. The number of azide groups is 1. The lowest BCUT2D eigenvalue weighted by atomic mass is 10.1. The van der Waals surface area contributed by atoms with E-state index in [0.717, 1.165) is 0 Å². The highest BCUT2D eigenvalue weighted by atomic mass is 16.5. The molecule has 1 saturated heterocycles. The second-order valence-corrected chi connectivity index (χ2v) is 4.41. The molecule has 0 aliphatic carbocycles. The van der Waals surface area contributed by atoms with Crippen molar-refractivity contribution in [3.05, 3.63) is 43.0 Å². The van der Waals surface area contributed by atoms with Crippen molar-refractivity contribution in [3.63, 3.8) is 0 Å². The summed E-state index contributed by atoms with van der Waals surface area (Å²) in [5, 5.41) is 12.7. The molecule has 4 N–H and O–H groups in total. The molecule has 1 aromatic rings. The van der Waals surface area contributed by atoms with Gasteiger partial charge in [0.15, 0.2) is 0 Å². The van der Waals surface area contributed by atoms with E-state index in [-0.39, 0.29) is 13.0 Å². The van der Waals surface area contributed by atoms with Crippen LogP contribution in [-0.2, 0) is 4.74 Å². The maximum absolute atomic E-state index is 11.7. The number of nitrogens with zero attached hydrogens (tertiary/aromatic N) is 5. The molecule has 1 aliphatic heterocycles. The molecule has 0 bridgehead atoms. The van der Waals surface area contributed by atoms with Crippen LogP contribution in [0.15, 0.2) is 20.9 Å². The van der Waals surface area contributed by atoms with E-state index < -0.39 is 29.6 Å². The van der Waals surface area contributed by atoms with Crippen LogP contribution in [0.5, 0.6) is 0 Å². The van der Waals surface area contributed by atoms with E-state index in [4.69, 9.17) is 26.4 Å². The monoisotopic (exact) mass is 311 g/mol. The van der Waals surface area contributed by atoms with Gasteiger partial charge in [-0.2, -0.15) is 0 Å². The maximum atomic E-state index is 11.7. The van der Waals surface area contributed by atoms with Crippen molar-refractivity contribution in [3.8, 4) is 0 Å². The summed E-state index contributed by atoms with van der Waals surface area (Å²) in [6, 6.07) is -0.542. The molecule has 3 atom stereocenters. The fourth-order valence-electron chi connectivity index (χ4n) is 2.04. The number of aliphatic hydroxyl groups is 1. The van der Waals surface area contributed by atoms with Gasteiger partial charge in [-0.15, -0.1) is 0 Å². The summed E-state index contributed by atoms with van der Waals surface area (Å²) in [6.07, 6.45) is 0.329. The normalized spacial score (nSPS) is 22.9. The lowest BCUT2D eigenvalue weighted by molar-refractivity contribution is -0.0271. The number of aromatic amines is 1. The van der Waals surface area contributed by atoms with Gasteiger partial charge in [-0.1, -0.05) is 5.11 Å². The van der Waals surface area contributed by atoms with E-state index in [2.05, 4.69) is 15.0 Å².